The molecule has 4 heteroatoms. The first-order chi connectivity index (χ1) is 10.0. The highest BCUT2D eigenvalue weighted by Crippen LogP contribution is 2.28. The summed E-state index contributed by atoms with van der Waals surface area (Å²) in [6, 6.07) is 3.96. The zero-order valence-electron chi connectivity index (χ0n) is 12.9. The third-order valence-electron chi connectivity index (χ3n) is 4.36. The minimum atomic E-state index is -0.0375. The van der Waals surface area contributed by atoms with Crippen molar-refractivity contribution in [1.82, 2.24) is 9.88 Å². The van der Waals surface area contributed by atoms with Crippen molar-refractivity contribution in [3.05, 3.63) is 39.8 Å². The maximum absolute atomic E-state index is 11.9. The summed E-state index contributed by atoms with van der Waals surface area (Å²) in [5.41, 5.74) is 2.06. The molecule has 0 spiro atoms. The highest BCUT2D eigenvalue weighted by molar-refractivity contribution is 5.86. The van der Waals surface area contributed by atoms with Gasteiger partial charge in [-0.15, -0.1) is 0 Å². The molecule has 1 saturated heterocycles. The van der Waals surface area contributed by atoms with Crippen LogP contribution < -0.4 is 10.3 Å². The van der Waals surface area contributed by atoms with E-state index in [1.54, 1.807) is 6.20 Å². The number of nitrogens with one attached hydrogen (secondary N) is 1. The van der Waals surface area contributed by atoms with E-state index in [0.29, 0.717) is 0 Å². The molecular formula is C17H22N2O2. The first-order valence-corrected chi connectivity index (χ1v) is 7.52. The molecule has 1 fully saturated rings. The van der Waals surface area contributed by atoms with Gasteiger partial charge in [0.15, 0.2) is 0 Å². The number of benzene rings is 1. The molecule has 0 amide bonds. The Bertz CT molecular complexity index is 713. The fourth-order valence-corrected chi connectivity index (χ4v) is 2.94. The lowest BCUT2D eigenvalue weighted by molar-refractivity contribution is 0.114. The van der Waals surface area contributed by atoms with Crippen LogP contribution >= 0.6 is 0 Å². The zero-order valence-corrected chi connectivity index (χ0v) is 12.9. The molecule has 0 aliphatic carbocycles. The number of hydrogen-bond donors (Lipinski definition) is 1. The topological polar surface area (TPSA) is 45.3 Å². The monoisotopic (exact) mass is 286 g/mol. The van der Waals surface area contributed by atoms with Crippen LogP contribution in [0.25, 0.3) is 10.8 Å². The number of nitrogens with zero attached hydrogens (tertiary/aromatic N) is 1. The first-order valence-electron chi connectivity index (χ1n) is 7.52. The number of hydrogen-bond acceptors (Lipinski definition) is 3. The molecule has 1 aromatic heterocycles. The van der Waals surface area contributed by atoms with E-state index in [9.17, 15) is 4.79 Å². The second-order valence-corrected chi connectivity index (χ2v) is 6.08. The predicted octanol–water partition coefficient (Wildman–Crippen LogP) is 2.62. The van der Waals surface area contributed by atoms with Crippen molar-refractivity contribution >= 4 is 10.8 Å². The summed E-state index contributed by atoms with van der Waals surface area (Å²) in [5, 5.41) is 1.72. The van der Waals surface area contributed by atoms with Gasteiger partial charge in [-0.2, -0.15) is 0 Å². The minimum absolute atomic E-state index is 0.0375. The lowest BCUT2D eigenvalue weighted by atomic mass is 10.0. The summed E-state index contributed by atoms with van der Waals surface area (Å²) < 4.78 is 6.20. The Hall–Kier alpha value is -1.81. The second kappa shape index (κ2) is 5.53. The van der Waals surface area contributed by atoms with Crippen LogP contribution in [0.4, 0.5) is 0 Å². The Morgan fingerprint density at radius 1 is 1.14 bits per heavy atom. The molecule has 1 aromatic carbocycles. The van der Waals surface area contributed by atoms with Gasteiger partial charge in [0.05, 0.1) is 0 Å². The number of H-pyrrole nitrogens is 1. The largest absolute Gasteiger partial charge is 0.490 e. The van der Waals surface area contributed by atoms with Gasteiger partial charge >= 0.3 is 0 Å². The quantitative estimate of drug-likeness (QED) is 0.923. The predicted molar refractivity (Wildman–Crippen MR) is 85.2 cm³/mol. The maximum Gasteiger partial charge on any atom is 0.255 e. The van der Waals surface area contributed by atoms with Crippen molar-refractivity contribution in [1.29, 1.82) is 0 Å². The molecule has 0 bridgehead atoms. The Kier molecular flexibility index (Phi) is 3.72. The fraction of sp³-hybridized carbons (Fsp3) is 0.471. The molecule has 0 saturated carbocycles. The van der Waals surface area contributed by atoms with Crippen molar-refractivity contribution < 1.29 is 4.74 Å². The summed E-state index contributed by atoms with van der Waals surface area (Å²) in [5.74, 6) is 0.908. The molecule has 21 heavy (non-hydrogen) atoms. The van der Waals surface area contributed by atoms with Gasteiger partial charge in [-0.1, -0.05) is 0 Å². The van der Waals surface area contributed by atoms with Crippen LogP contribution in [0, 0.1) is 13.8 Å². The number of aromatic nitrogens is 1. The Morgan fingerprint density at radius 2 is 1.86 bits per heavy atom. The van der Waals surface area contributed by atoms with Gasteiger partial charge in [-0.25, -0.2) is 0 Å². The van der Waals surface area contributed by atoms with Crippen molar-refractivity contribution in [2.45, 2.75) is 32.8 Å². The maximum atomic E-state index is 11.9. The van der Waals surface area contributed by atoms with Crippen LogP contribution in [0.15, 0.2) is 23.1 Å². The van der Waals surface area contributed by atoms with E-state index >= 15 is 0 Å². The van der Waals surface area contributed by atoms with Crippen LogP contribution in [0.2, 0.25) is 0 Å². The van der Waals surface area contributed by atoms with Crippen molar-refractivity contribution in [2.24, 2.45) is 0 Å². The SMILES string of the molecule is Cc1cc2c(=O)[nH]cc(C)c2cc1OC1CCN(C)CC1. The number of likely N-dealkylation sites (tertiary alicyclic amines) is 1. The molecule has 0 atom stereocenters. The Balaban J connectivity index is 1.94. The molecule has 0 unspecified atom stereocenters. The molecular weight excluding hydrogens is 264 g/mol. The van der Waals surface area contributed by atoms with E-state index < -0.39 is 0 Å². The molecule has 4 nitrogen and oxygen atoms in total. The highest BCUT2D eigenvalue weighted by Gasteiger charge is 2.19. The van der Waals surface area contributed by atoms with Crippen LogP contribution in [-0.4, -0.2) is 36.1 Å². The second-order valence-electron chi connectivity index (χ2n) is 6.08. The third-order valence-corrected chi connectivity index (χ3v) is 4.36. The fourth-order valence-electron chi connectivity index (χ4n) is 2.94. The van der Waals surface area contributed by atoms with Crippen molar-refractivity contribution in [3.63, 3.8) is 0 Å². The smallest absolute Gasteiger partial charge is 0.255 e. The molecule has 0 radical (unpaired) electrons. The van der Waals surface area contributed by atoms with Crippen LogP contribution in [-0.2, 0) is 0 Å². The summed E-state index contributed by atoms with van der Waals surface area (Å²) in [4.78, 5) is 17.0. The van der Waals surface area contributed by atoms with Crippen LogP contribution in [0.5, 0.6) is 5.75 Å². The first kappa shape index (κ1) is 14.1. The lowest BCUT2D eigenvalue weighted by Crippen LogP contribution is -2.35. The van der Waals surface area contributed by atoms with Gasteiger partial charge in [0.2, 0.25) is 0 Å². The molecule has 1 aliphatic rings. The molecule has 3 rings (SSSR count). The summed E-state index contributed by atoms with van der Waals surface area (Å²) in [6.45, 7) is 6.17. The number of pyridine rings is 1. The van der Waals surface area contributed by atoms with Gasteiger partial charge in [0.25, 0.3) is 5.56 Å². The third kappa shape index (κ3) is 2.81. The summed E-state index contributed by atoms with van der Waals surface area (Å²) >= 11 is 0. The molecule has 1 aliphatic heterocycles. The summed E-state index contributed by atoms with van der Waals surface area (Å²) in [7, 11) is 2.15. The molecule has 2 heterocycles. The Morgan fingerprint density at radius 3 is 2.57 bits per heavy atom. The normalized spacial score (nSPS) is 17.3. The van der Waals surface area contributed by atoms with Crippen LogP contribution in [0.1, 0.15) is 24.0 Å². The van der Waals surface area contributed by atoms with Gasteiger partial charge in [0, 0.05) is 24.7 Å². The average molecular weight is 286 g/mol. The standard InChI is InChI=1S/C17H22N2O2/c1-11-8-15-14(12(2)10-18-17(15)20)9-16(11)21-13-4-6-19(3)7-5-13/h8-10,13H,4-7H2,1-3H3,(H,18,20). The van der Waals surface area contributed by atoms with E-state index in [1.807, 2.05) is 26.0 Å². The molecule has 1 N–H and O–H groups in total. The van der Waals surface area contributed by atoms with E-state index in [0.717, 1.165) is 53.6 Å². The molecule has 2 aromatic rings. The van der Waals surface area contributed by atoms with Crippen LogP contribution in [0.3, 0.4) is 0 Å². The number of ether oxygens (including phenoxy) is 1. The number of rotatable bonds is 2. The number of piperidine rings is 1. The summed E-state index contributed by atoms with van der Waals surface area (Å²) in [6.07, 6.45) is 4.16. The number of aryl methyl sites for hydroxylation is 2. The number of fused-ring (bicyclic) bond motifs is 1. The van der Waals surface area contributed by atoms with E-state index in [1.165, 1.54) is 0 Å². The molecule has 112 valence electrons. The Labute approximate surface area is 124 Å². The van der Waals surface area contributed by atoms with E-state index in [4.69, 9.17) is 4.74 Å². The van der Waals surface area contributed by atoms with E-state index in [-0.39, 0.29) is 11.7 Å². The minimum Gasteiger partial charge on any atom is -0.490 e. The van der Waals surface area contributed by atoms with Crippen molar-refractivity contribution in [2.75, 3.05) is 20.1 Å². The highest BCUT2D eigenvalue weighted by atomic mass is 16.5. The van der Waals surface area contributed by atoms with E-state index in [2.05, 4.69) is 16.9 Å². The number of aromatic amines is 1. The lowest BCUT2D eigenvalue weighted by Gasteiger charge is -2.29. The van der Waals surface area contributed by atoms with Gasteiger partial charge in [0.1, 0.15) is 11.9 Å². The average Bonchev–Trinajstić information content (AvgIpc) is 2.47. The van der Waals surface area contributed by atoms with Gasteiger partial charge in [-0.05, 0) is 62.4 Å². The van der Waals surface area contributed by atoms with Gasteiger partial charge < -0.3 is 14.6 Å². The van der Waals surface area contributed by atoms with Crippen molar-refractivity contribution in [3.8, 4) is 5.75 Å². The van der Waals surface area contributed by atoms with Gasteiger partial charge in [-0.3, -0.25) is 4.79 Å². The zero-order chi connectivity index (χ0) is 15.0.